The highest BCUT2D eigenvalue weighted by Gasteiger charge is 2.28. The van der Waals surface area contributed by atoms with E-state index in [4.69, 9.17) is 9.84 Å². The van der Waals surface area contributed by atoms with E-state index in [1.54, 1.807) is 0 Å². The Kier molecular flexibility index (Phi) is 5.95. The minimum Gasteiger partial charge on any atom is -0.480 e. The van der Waals surface area contributed by atoms with Crippen LogP contribution in [0.2, 0.25) is 0 Å². The Labute approximate surface area is 108 Å². The first-order valence-electron chi connectivity index (χ1n) is 6.74. The lowest BCUT2D eigenvalue weighted by Gasteiger charge is -2.19. The van der Waals surface area contributed by atoms with Gasteiger partial charge < -0.3 is 15.2 Å². The third-order valence-electron chi connectivity index (χ3n) is 3.48. The van der Waals surface area contributed by atoms with Gasteiger partial charge in [-0.15, -0.1) is 0 Å². The molecule has 18 heavy (non-hydrogen) atoms. The first-order valence-corrected chi connectivity index (χ1v) is 6.74. The van der Waals surface area contributed by atoms with Gasteiger partial charge in [0.2, 0.25) is 0 Å². The van der Waals surface area contributed by atoms with Crippen LogP contribution in [-0.2, 0) is 9.53 Å². The lowest BCUT2D eigenvalue weighted by Crippen LogP contribution is -2.42. The van der Waals surface area contributed by atoms with E-state index in [2.05, 4.69) is 12.2 Å². The lowest BCUT2D eigenvalue weighted by molar-refractivity contribution is -0.139. The molecule has 0 heterocycles. The van der Waals surface area contributed by atoms with Crippen molar-refractivity contribution in [3.05, 3.63) is 0 Å². The summed E-state index contributed by atoms with van der Waals surface area (Å²) >= 11 is 0. The molecule has 104 valence electrons. The second-order valence-electron chi connectivity index (χ2n) is 5.03. The van der Waals surface area contributed by atoms with E-state index in [1.165, 1.54) is 0 Å². The summed E-state index contributed by atoms with van der Waals surface area (Å²) in [7, 11) is 0. The van der Waals surface area contributed by atoms with Gasteiger partial charge >= 0.3 is 12.1 Å². The van der Waals surface area contributed by atoms with Crippen molar-refractivity contribution in [2.24, 2.45) is 5.92 Å². The van der Waals surface area contributed by atoms with Gasteiger partial charge in [-0.3, -0.25) is 0 Å². The van der Waals surface area contributed by atoms with E-state index < -0.39 is 18.1 Å². The Balaban J connectivity index is 2.38. The second-order valence-corrected chi connectivity index (χ2v) is 5.03. The molecule has 0 aromatic heterocycles. The maximum Gasteiger partial charge on any atom is 0.408 e. The number of hydrogen-bond donors (Lipinski definition) is 2. The van der Waals surface area contributed by atoms with Crippen molar-refractivity contribution < 1.29 is 19.4 Å². The van der Waals surface area contributed by atoms with Gasteiger partial charge in [-0.2, -0.15) is 0 Å². The Morgan fingerprint density at radius 3 is 2.67 bits per heavy atom. The molecule has 0 bridgehead atoms. The van der Waals surface area contributed by atoms with Crippen molar-refractivity contribution in [1.29, 1.82) is 0 Å². The number of hydrogen-bond acceptors (Lipinski definition) is 3. The molecule has 0 saturated heterocycles. The number of alkyl carbamates (subject to hydrolysis) is 1. The van der Waals surface area contributed by atoms with Gasteiger partial charge in [0.05, 0.1) is 0 Å². The zero-order valence-electron chi connectivity index (χ0n) is 11.1. The molecule has 5 nitrogen and oxygen atoms in total. The van der Waals surface area contributed by atoms with Crippen LogP contribution in [0.25, 0.3) is 0 Å². The third kappa shape index (κ3) is 4.55. The second kappa shape index (κ2) is 7.24. The summed E-state index contributed by atoms with van der Waals surface area (Å²) < 4.78 is 5.27. The van der Waals surface area contributed by atoms with Crippen LogP contribution in [0.5, 0.6) is 0 Å². The molecule has 0 aromatic carbocycles. The summed E-state index contributed by atoms with van der Waals surface area (Å²) in [5, 5.41) is 11.4. The third-order valence-corrected chi connectivity index (χ3v) is 3.48. The molecule has 0 unspecified atom stereocenters. The van der Waals surface area contributed by atoms with E-state index in [-0.39, 0.29) is 6.10 Å². The summed E-state index contributed by atoms with van der Waals surface area (Å²) in [6.45, 7) is 4.04. The normalized spacial score (nSPS) is 24.6. The van der Waals surface area contributed by atoms with Gasteiger partial charge in [-0.25, -0.2) is 9.59 Å². The van der Waals surface area contributed by atoms with Crippen LogP contribution in [0.1, 0.15) is 52.4 Å². The number of nitrogens with one attached hydrogen (secondary N) is 1. The molecular formula is C13H23NO4. The zero-order valence-corrected chi connectivity index (χ0v) is 11.1. The van der Waals surface area contributed by atoms with Crippen molar-refractivity contribution in [2.75, 3.05) is 0 Å². The van der Waals surface area contributed by atoms with Crippen molar-refractivity contribution in [2.45, 2.75) is 64.5 Å². The summed E-state index contributed by atoms with van der Waals surface area (Å²) in [5.41, 5.74) is 0. The van der Waals surface area contributed by atoms with Crippen molar-refractivity contribution >= 4 is 12.1 Å². The molecule has 1 saturated carbocycles. The predicted molar refractivity (Wildman–Crippen MR) is 67.4 cm³/mol. The van der Waals surface area contributed by atoms with Gasteiger partial charge in [0.1, 0.15) is 12.1 Å². The Morgan fingerprint density at radius 1 is 1.44 bits per heavy atom. The van der Waals surface area contributed by atoms with E-state index >= 15 is 0 Å². The van der Waals surface area contributed by atoms with Crippen LogP contribution in [-0.4, -0.2) is 29.3 Å². The fraction of sp³-hybridized carbons (Fsp3) is 0.846. The molecule has 1 rings (SSSR count). The minimum absolute atomic E-state index is 0.0642. The summed E-state index contributed by atoms with van der Waals surface area (Å²) in [6, 6.07) is -0.839. The van der Waals surface area contributed by atoms with Crippen LogP contribution in [0.15, 0.2) is 0 Å². The van der Waals surface area contributed by atoms with Crippen LogP contribution in [0.4, 0.5) is 4.79 Å². The van der Waals surface area contributed by atoms with Gasteiger partial charge in [0.25, 0.3) is 0 Å². The number of carboxylic acids is 1. The number of ether oxygens (including phenoxy) is 1. The summed E-state index contributed by atoms with van der Waals surface area (Å²) in [6.07, 6.45) is 4.47. The number of carbonyl (C=O) groups excluding carboxylic acids is 1. The highest BCUT2D eigenvalue weighted by molar-refractivity contribution is 5.79. The molecule has 0 radical (unpaired) electrons. The minimum atomic E-state index is -1.00. The molecule has 1 fully saturated rings. The average molecular weight is 257 g/mol. The Bertz CT molecular complexity index is 293. The van der Waals surface area contributed by atoms with E-state index in [0.717, 1.165) is 32.1 Å². The fourth-order valence-corrected chi connectivity index (χ4v) is 2.27. The van der Waals surface area contributed by atoms with Crippen LogP contribution >= 0.6 is 0 Å². The Hall–Kier alpha value is -1.26. The predicted octanol–water partition coefficient (Wildman–Crippen LogP) is 2.54. The van der Waals surface area contributed by atoms with Crippen molar-refractivity contribution in [1.82, 2.24) is 5.32 Å². The molecular weight excluding hydrogens is 234 g/mol. The van der Waals surface area contributed by atoms with Crippen molar-refractivity contribution in [3.8, 4) is 0 Å². The zero-order chi connectivity index (χ0) is 13.5. The van der Waals surface area contributed by atoms with Gasteiger partial charge in [-0.05, 0) is 31.6 Å². The molecule has 1 amide bonds. The van der Waals surface area contributed by atoms with Crippen LogP contribution in [0, 0.1) is 5.92 Å². The quantitative estimate of drug-likeness (QED) is 0.766. The maximum atomic E-state index is 11.6. The SMILES string of the molecule is CCCC[C@H](NC(=O)O[C@H]1CCC[C@@H]1C)C(=O)O. The molecule has 1 aliphatic carbocycles. The highest BCUT2D eigenvalue weighted by atomic mass is 16.6. The number of carboxylic acid groups (broad SMARTS) is 1. The van der Waals surface area contributed by atoms with E-state index in [1.807, 2.05) is 6.92 Å². The largest absolute Gasteiger partial charge is 0.480 e. The molecule has 5 heteroatoms. The fourth-order valence-electron chi connectivity index (χ4n) is 2.27. The molecule has 3 atom stereocenters. The van der Waals surface area contributed by atoms with Gasteiger partial charge in [-0.1, -0.05) is 26.7 Å². The summed E-state index contributed by atoms with van der Waals surface area (Å²) in [4.78, 5) is 22.6. The topological polar surface area (TPSA) is 75.6 Å². The number of aliphatic carboxylic acids is 1. The number of amides is 1. The number of carbonyl (C=O) groups is 2. The number of rotatable bonds is 6. The molecule has 0 aromatic rings. The highest BCUT2D eigenvalue weighted by Crippen LogP contribution is 2.27. The lowest BCUT2D eigenvalue weighted by atomic mass is 10.1. The molecule has 0 aliphatic heterocycles. The van der Waals surface area contributed by atoms with Gasteiger partial charge in [0.15, 0.2) is 0 Å². The van der Waals surface area contributed by atoms with Crippen LogP contribution < -0.4 is 5.32 Å². The average Bonchev–Trinajstić information content (AvgIpc) is 2.70. The first kappa shape index (κ1) is 14.8. The van der Waals surface area contributed by atoms with Crippen molar-refractivity contribution in [3.63, 3.8) is 0 Å². The van der Waals surface area contributed by atoms with Gasteiger partial charge in [0, 0.05) is 0 Å². The van der Waals surface area contributed by atoms with E-state index in [9.17, 15) is 9.59 Å². The molecule has 2 N–H and O–H groups in total. The van der Waals surface area contributed by atoms with Crippen LogP contribution in [0.3, 0.4) is 0 Å². The first-order chi connectivity index (χ1) is 8.54. The monoisotopic (exact) mass is 257 g/mol. The molecule has 0 spiro atoms. The van der Waals surface area contributed by atoms with E-state index in [0.29, 0.717) is 12.3 Å². The Morgan fingerprint density at radius 2 is 2.17 bits per heavy atom. The summed E-state index contributed by atoms with van der Waals surface area (Å²) in [5.74, 6) is -0.630. The maximum absolute atomic E-state index is 11.6. The number of unbranched alkanes of at least 4 members (excludes halogenated alkanes) is 1. The molecule has 1 aliphatic rings. The standard InChI is InChI=1S/C13H23NO4/c1-3-4-7-10(12(15)16)14-13(17)18-11-8-5-6-9(11)2/h9-11H,3-8H2,1-2H3,(H,14,17)(H,15,16)/t9-,10-,11-/m0/s1. The smallest absolute Gasteiger partial charge is 0.408 e.